The standard InChI is InChI=1S/C21H24N4OS.C2H6/c1-16-22-19-13-17(7-8-20(19)27-16)14-24-9-11-25(12-10-24)15-21(26)23-18-5-3-2-4-6-18;1-2/h2-8,13H,9-12,14-15H2,1H3,(H,23,26);1-2H3/p+2. The molecule has 3 aromatic rings. The number of nitrogens with one attached hydrogen (secondary N) is 3. The van der Waals surface area contributed by atoms with Crippen LogP contribution in [0.25, 0.3) is 10.2 Å². The van der Waals surface area contributed by atoms with Crippen LogP contribution in [0.15, 0.2) is 48.5 Å². The molecule has 0 bridgehead atoms. The normalized spacial score (nSPS) is 18.7. The molecule has 0 spiro atoms. The van der Waals surface area contributed by atoms with Gasteiger partial charge in [-0.2, -0.15) is 0 Å². The van der Waals surface area contributed by atoms with Gasteiger partial charge in [0.25, 0.3) is 5.91 Å². The lowest BCUT2D eigenvalue weighted by molar-refractivity contribution is -1.02. The largest absolute Gasteiger partial charge is 0.322 e. The zero-order valence-corrected chi connectivity index (χ0v) is 18.4. The molecule has 2 heterocycles. The number of nitrogens with zero attached hydrogens (tertiary/aromatic N) is 1. The summed E-state index contributed by atoms with van der Waals surface area (Å²) < 4.78 is 1.27. The van der Waals surface area contributed by atoms with Gasteiger partial charge in [-0.05, 0) is 31.2 Å². The molecule has 5 nitrogen and oxygen atoms in total. The number of aromatic nitrogens is 1. The number of thiazole rings is 1. The number of hydrogen-bond acceptors (Lipinski definition) is 3. The topological polar surface area (TPSA) is 50.9 Å². The first-order valence-corrected chi connectivity index (χ1v) is 11.4. The van der Waals surface area contributed by atoms with E-state index < -0.39 is 0 Å². The number of quaternary nitrogens is 2. The van der Waals surface area contributed by atoms with Crippen molar-refractivity contribution in [2.24, 2.45) is 0 Å². The lowest BCUT2D eigenvalue weighted by Gasteiger charge is -2.29. The van der Waals surface area contributed by atoms with Gasteiger partial charge in [0, 0.05) is 11.3 Å². The third-order valence-electron chi connectivity index (χ3n) is 5.15. The van der Waals surface area contributed by atoms with Gasteiger partial charge in [0.2, 0.25) is 0 Å². The van der Waals surface area contributed by atoms with Gasteiger partial charge in [0.15, 0.2) is 6.54 Å². The third-order valence-corrected chi connectivity index (χ3v) is 6.10. The SMILES string of the molecule is CC.Cc1nc2cc(C[NH+]3CC[NH+](CC(=O)Nc4ccccc4)CC3)ccc2s1. The predicted octanol–water partition coefficient (Wildman–Crippen LogP) is 1.55. The molecule has 1 aliphatic rings. The molecule has 1 fully saturated rings. The van der Waals surface area contributed by atoms with E-state index in [0.29, 0.717) is 6.54 Å². The maximum absolute atomic E-state index is 12.2. The second-order valence-electron chi connectivity index (χ2n) is 7.30. The molecular formula is C23H32N4OS+2. The average molecular weight is 413 g/mol. The van der Waals surface area contributed by atoms with Crippen molar-refractivity contribution >= 4 is 33.1 Å². The summed E-state index contributed by atoms with van der Waals surface area (Å²) in [4.78, 5) is 19.8. The van der Waals surface area contributed by atoms with Crippen molar-refractivity contribution in [3.05, 3.63) is 59.1 Å². The Labute approximate surface area is 177 Å². The first-order valence-electron chi connectivity index (χ1n) is 10.5. The fourth-order valence-corrected chi connectivity index (χ4v) is 4.56. The third kappa shape index (κ3) is 6.10. The van der Waals surface area contributed by atoms with Gasteiger partial charge in [-0.25, -0.2) is 4.98 Å². The van der Waals surface area contributed by atoms with Gasteiger partial charge >= 0.3 is 0 Å². The van der Waals surface area contributed by atoms with E-state index >= 15 is 0 Å². The highest BCUT2D eigenvalue weighted by Gasteiger charge is 2.25. The summed E-state index contributed by atoms with van der Waals surface area (Å²) in [6, 6.07) is 16.4. The van der Waals surface area contributed by atoms with Gasteiger partial charge in [-0.3, -0.25) is 4.79 Å². The van der Waals surface area contributed by atoms with Crippen molar-refractivity contribution in [3.63, 3.8) is 0 Å². The minimum absolute atomic E-state index is 0.101. The number of carbonyl (C=O) groups is 1. The van der Waals surface area contributed by atoms with Crippen LogP contribution in [0.5, 0.6) is 0 Å². The summed E-state index contributed by atoms with van der Waals surface area (Å²) in [6.07, 6.45) is 0. The van der Waals surface area contributed by atoms with Crippen LogP contribution in [0.3, 0.4) is 0 Å². The highest BCUT2D eigenvalue weighted by Crippen LogP contribution is 2.22. The van der Waals surface area contributed by atoms with E-state index in [0.717, 1.165) is 48.9 Å². The van der Waals surface area contributed by atoms with Gasteiger partial charge in [0.1, 0.15) is 32.7 Å². The summed E-state index contributed by atoms with van der Waals surface area (Å²) in [7, 11) is 0. The minimum Gasteiger partial charge on any atom is -0.322 e. The number of fused-ring (bicyclic) bond motifs is 1. The Kier molecular flexibility index (Phi) is 7.75. The fourth-order valence-electron chi connectivity index (χ4n) is 3.75. The van der Waals surface area contributed by atoms with Crippen molar-refractivity contribution in [2.45, 2.75) is 27.3 Å². The van der Waals surface area contributed by atoms with Crippen LogP contribution in [-0.2, 0) is 11.3 Å². The second-order valence-corrected chi connectivity index (χ2v) is 8.54. The van der Waals surface area contributed by atoms with Crippen molar-refractivity contribution < 1.29 is 14.6 Å². The Morgan fingerprint density at radius 1 is 1.03 bits per heavy atom. The van der Waals surface area contributed by atoms with E-state index in [1.165, 1.54) is 15.2 Å². The summed E-state index contributed by atoms with van der Waals surface area (Å²) in [5, 5.41) is 4.11. The number of aryl methyl sites for hydroxylation is 1. The van der Waals surface area contributed by atoms with Crippen LogP contribution in [0, 0.1) is 6.92 Å². The molecule has 1 amide bonds. The van der Waals surface area contributed by atoms with Crippen molar-refractivity contribution in [1.29, 1.82) is 0 Å². The molecule has 0 saturated carbocycles. The Morgan fingerprint density at radius 2 is 1.72 bits per heavy atom. The maximum atomic E-state index is 12.2. The van der Waals surface area contributed by atoms with Gasteiger partial charge in [-0.15, -0.1) is 11.3 Å². The van der Waals surface area contributed by atoms with E-state index in [1.807, 2.05) is 44.2 Å². The quantitative estimate of drug-likeness (QED) is 0.596. The Morgan fingerprint density at radius 3 is 2.45 bits per heavy atom. The summed E-state index contributed by atoms with van der Waals surface area (Å²) in [6.45, 7) is 11.9. The van der Waals surface area contributed by atoms with Crippen LogP contribution < -0.4 is 15.1 Å². The van der Waals surface area contributed by atoms with E-state index in [9.17, 15) is 4.79 Å². The molecule has 3 N–H and O–H groups in total. The number of anilines is 1. The van der Waals surface area contributed by atoms with E-state index in [1.54, 1.807) is 16.2 Å². The van der Waals surface area contributed by atoms with Crippen molar-refractivity contribution in [2.75, 3.05) is 38.0 Å². The summed E-state index contributed by atoms with van der Waals surface area (Å²) in [5.74, 6) is 0.101. The zero-order chi connectivity index (χ0) is 20.6. The van der Waals surface area contributed by atoms with Gasteiger partial charge in [0.05, 0.1) is 15.2 Å². The van der Waals surface area contributed by atoms with E-state index in [-0.39, 0.29) is 5.91 Å². The number of carbonyl (C=O) groups excluding carboxylic acids is 1. The van der Waals surface area contributed by atoms with Crippen LogP contribution in [0.4, 0.5) is 5.69 Å². The lowest BCUT2D eigenvalue weighted by atomic mass is 10.2. The van der Waals surface area contributed by atoms with Gasteiger partial charge < -0.3 is 15.1 Å². The molecule has 154 valence electrons. The molecule has 0 radical (unpaired) electrons. The number of hydrogen-bond donors (Lipinski definition) is 3. The first kappa shape index (κ1) is 21.4. The summed E-state index contributed by atoms with van der Waals surface area (Å²) >= 11 is 1.75. The molecule has 0 unspecified atom stereocenters. The average Bonchev–Trinajstić information content (AvgIpc) is 3.11. The highest BCUT2D eigenvalue weighted by atomic mass is 32.1. The predicted molar refractivity (Wildman–Crippen MR) is 121 cm³/mol. The molecule has 1 aromatic heterocycles. The van der Waals surface area contributed by atoms with Crippen LogP contribution in [0.1, 0.15) is 24.4 Å². The van der Waals surface area contributed by atoms with Crippen LogP contribution >= 0.6 is 11.3 Å². The van der Waals surface area contributed by atoms with Crippen LogP contribution in [0.2, 0.25) is 0 Å². The minimum atomic E-state index is 0.101. The molecular weight excluding hydrogens is 380 g/mol. The van der Waals surface area contributed by atoms with Crippen molar-refractivity contribution in [1.82, 2.24) is 4.98 Å². The molecule has 0 atom stereocenters. The smallest absolute Gasteiger partial charge is 0.279 e. The number of benzene rings is 2. The lowest BCUT2D eigenvalue weighted by Crippen LogP contribution is -3.28. The molecule has 4 rings (SSSR count). The number of amides is 1. The molecule has 2 aromatic carbocycles. The molecule has 0 aliphatic carbocycles. The number of piperazine rings is 1. The molecule has 29 heavy (non-hydrogen) atoms. The number of para-hydroxylation sites is 1. The van der Waals surface area contributed by atoms with Crippen LogP contribution in [-0.4, -0.2) is 43.6 Å². The zero-order valence-electron chi connectivity index (χ0n) is 17.6. The molecule has 1 saturated heterocycles. The fraction of sp³-hybridized carbons (Fsp3) is 0.391. The molecule has 1 aliphatic heterocycles. The maximum Gasteiger partial charge on any atom is 0.279 e. The summed E-state index contributed by atoms with van der Waals surface area (Å²) in [5.41, 5.74) is 3.35. The highest BCUT2D eigenvalue weighted by molar-refractivity contribution is 7.18. The monoisotopic (exact) mass is 412 g/mol. The van der Waals surface area contributed by atoms with Crippen molar-refractivity contribution in [3.8, 4) is 0 Å². The Balaban J connectivity index is 0.00000117. The van der Waals surface area contributed by atoms with E-state index in [2.05, 4.69) is 35.4 Å². The molecule has 6 heteroatoms. The number of rotatable bonds is 5. The van der Waals surface area contributed by atoms with Gasteiger partial charge in [-0.1, -0.05) is 38.1 Å². The Hall–Kier alpha value is -2.28. The van der Waals surface area contributed by atoms with E-state index in [4.69, 9.17) is 0 Å². The second kappa shape index (κ2) is 10.5. The first-order chi connectivity index (χ1) is 14.2. The Bertz CT molecular complexity index is 917.